The molecule has 0 aliphatic carbocycles. The quantitative estimate of drug-likeness (QED) is 0.680. The van der Waals surface area contributed by atoms with Gasteiger partial charge in [-0.25, -0.2) is 13.4 Å². The van der Waals surface area contributed by atoms with Crippen LogP contribution in [0.3, 0.4) is 0 Å². The Labute approximate surface area is 147 Å². The van der Waals surface area contributed by atoms with Crippen molar-refractivity contribution in [3.8, 4) is 11.5 Å². The first kappa shape index (κ1) is 19.0. The maximum atomic E-state index is 12.7. The largest absolute Gasteiger partial charge is 0.497 e. The van der Waals surface area contributed by atoms with Gasteiger partial charge in [0.2, 0.25) is 0 Å². The van der Waals surface area contributed by atoms with Crippen LogP contribution in [0.1, 0.15) is 5.56 Å². The Morgan fingerprint density at radius 2 is 1.88 bits per heavy atom. The summed E-state index contributed by atoms with van der Waals surface area (Å²) in [5.41, 5.74) is 0.585. The van der Waals surface area contributed by atoms with Crippen molar-refractivity contribution in [1.82, 2.24) is 4.98 Å². The fraction of sp³-hybridized carbons (Fsp3) is 0.353. The SMILES string of the molecule is COCCNc1ccc(CS(=O)(=O)c2cc(OC)ccc2OC)cn1. The van der Waals surface area contributed by atoms with Crippen molar-refractivity contribution in [2.24, 2.45) is 0 Å². The molecule has 0 fully saturated rings. The smallest absolute Gasteiger partial charge is 0.186 e. The minimum Gasteiger partial charge on any atom is -0.497 e. The summed E-state index contributed by atoms with van der Waals surface area (Å²) < 4.78 is 40.7. The summed E-state index contributed by atoms with van der Waals surface area (Å²) in [6.07, 6.45) is 1.54. The van der Waals surface area contributed by atoms with Crippen molar-refractivity contribution >= 4 is 15.7 Å². The summed E-state index contributed by atoms with van der Waals surface area (Å²) in [5.74, 6) is 1.22. The van der Waals surface area contributed by atoms with E-state index in [2.05, 4.69) is 10.3 Å². The van der Waals surface area contributed by atoms with Crippen molar-refractivity contribution < 1.29 is 22.6 Å². The van der Waals surface area contributed by atoms with E-state index in [4.69, 9.17) is 14.2 Å². The highest BCUT2D eigenvalue weighted by Crippen LogP contribution is 2.30. The Balaban J connectivity index is 2.18. The van der Waals surface area contributed by atoms with Crippen molar-refractivity contribution in [2.45, 2.75) is 10.6 Å². The molecule has 0 aliphatic rings. The van der Waals surface area contributed by atoms with Crippen molar-refractivity contribution in [3.05, 3.63) is 42.1 Å². The highest BCUT2D eigenvalue weighted by molar-refractivity contribution is 7.90. The monoisotopic (exact) mass is 366 g/mol. The molecule has 1 N–H and O–H groups in total. The Morgan fingerprint density at radius 3 is 2.48 bits per heavy atom. The van der Waals surface area contributed by atoms with Crippen LogP contribution in [0.4, 0.5) is 5.82 Å². The van der Waals surface area contributed by atoms with Gasteiger partial charge in [-0.1, -0.05) is 6.07 Å². The molecule has 0 spiro atoms. The second-order valence-electron chi connectivity index (χ2n) is 5.25. The first-order valence-electron chi connectivity index (χ1n) is 7.62. The van der Waals surface area contributed by atoms with E-state index >= 15 is 0 Å². The van der Waals surface area contributed by atoms with E-state index < -0.39 is 9.84 Å². The van der Waals surface area contributed by atoms with E-state index in [1.54, 1.807) is 37.6 Å². The van der Waals surface area contributed by atoms with Gasteiger partial charge in [-0.2, -0.15) is 0 Å². The lowest BCUT2D eigenvalue weighted by Crippen LogP contribution is -2.10. The van der Waals surface area contributed by atoms with Crippen molar-refractivity contribution in [1.29, 1.82) is 0 Å². The lowest BCUT2D eigenvalue weighted by molar-refractivity contribution is 0.210. The van der Waals surface area contributed by atoms with E-state index in [0.29, 0.717) is 30.3 Å². The predicted octanol–water partition coefficient (Wildman–Crippen LogP) is 2.13. The molecule has 1 aromatic carbocycles. The Morgan fingerprint density at radius 1 is 1.08 bits per heavy atom. The Bertz CT molecular complexity index is 791. The number of hydrogen-bond donors (Lipinski definition) is 1. The van der Waals surface area contributed by atoms with E-state index in [9.17, 15) is 8.42 Å². The van der Waals surface area contributed by atoms with Gasteiger partial charge in [-0.15, -0.1) is 0 Å². The fourth-order valence-electron chi connectivity index (χ4n) is 2.22. The number of ether oxygens (including phenoxy) is 3. The summed E-state index contributed by atoms with van der Waals surface area (Å²) in [4.78, 5) is 4.31. The van der Waals surface area contributed by atoms with Crippen LogP contribution >= 0.6 is 0 Å². The maximum absolute atomic E-state index is 12.7. The van der Waals surface area contributed by atoms with Gasteiger partial charge in [-0.05, 0) is 23.8 Å². The molecule has 0 aliphatic heterocycles. The van der Waals surface area contributed by atoms with Crippen LogP contribution in [-0.2, 0) is 20.3 Å². The van der Waals surface area contributed by atoms with E-state index in [-0.39, 0.29) is 16.4 Å². The number of sulfone groups is 1. The minimum absolute atomic E-state index is 0.0941. The van der Waals surface area contributed by atoms with Crippen LogP contribution in [0.25, 0.3) is 0 Å². The molecule has 0 amide bonds. The average Bonchev–Trinajstić information content (AvgIpc) is 2.62. The molecule has 2 rings (SSSR count). The second-order valence-corrected chi connectivity index (χ2v) is 7.21. The number of benzene rings is 1. The van der Waals surface area contributed by atoms with Crippen LogP contribution in [0.15, 0.2) is 41.4 Å². The molecule has 0 saturated carbocycles. The summed E-state index contributed by atoms with van der Waals surface area (Å²) in [6, 6.07) is 8.16. The van der Waals surface area contributed by atoms with E-state index in [0.717, 1.165) is 0 Å². The molecule has 1 aromatic heterocycles. The highest BCUT2D eigenvalue weighted by Gasteiger charge is 2.21. The third kappa shape index (κ3) is 5.07. The Hall–Kier alpha value is -2.32. The number of pyridine rings is 1. The van der Waals surface area contributed by atoms with Gasteiger partial charge in [0.05, 0.1) is 26.6 Å². The third-order valence-corrected chi connectivity index (χ3v) is 5.20. The molecule has 0 radical (unpaired) electrons. The Kier molecular flexibility index (Phi) is 6.60. The highest BCUT2D eigenvalue weighted by atomic mass is 32.2. The van der Waals surface area contributed by atoms with Gasteiger partial charge in [0, 0.05) is 25.9 Å². The van der Waals surface area contributed by atoms with E-state index in [1.807, 2.05) is 0 Å². The van der Waals surface area contributed by atoms with Crippen LogP contribution in [-0.4, -0.2) is 47.9 Å². The zero-order valence-electron chi connectivity index (χ0n) is 14.5. The number of anilines is 1. The fourth-order valence-corrected chi connectivity index (χ4v) is 3.74. The van der Waals surface area contributed by atoms with Crippen molar-refractivity contribution in [2.75, 3.05) is 39.8 Å². The van der Waals surface area contributed by atoms with Crippen LogP contribution in [0, 0.1) is 0 Å². The summed E-state index contributed by atoms with van der Waals surface area (Å²) in [7, 11) is 0.930. The van der Waals surface area contributed by atoms with Crippen LogP contribution in [0.2, 0.25) is 0 Å². The molecule has 0 atom stereocenters. The number of methoxy groups -OCH3 is 3. The number of nitrogens with zero attached hydrogens (tertiary/aromatic N) is 1. The average molecular weight is 366 g/mol. The topological polar surface area (TPSA) is 86.8 Å². The molecular formula is C17H22N2O5S. The molecule has 8 heteroatoms. The molecule has 0 unspecified atom stereocenters. The van der Waals surface area contributed by atoms with Gasteiger partial charge in [-0.3, -0.25) is 0 Å². The van der Waals surface area contributed by atoms with Gasteiger partial charge < -0.3 is 19.5 Å². The zero-order chi connectivity index (χ0) is 18.3. The number of rotatable bonds is 9. The van der Waals surface area contributed by atoms with Crippen molar-refractivity contribution in [3.63, 3.8) is 0 Å². The lowest BCUT2D eigenvalue weighted by atomic mass is 10.3. The van der Waals surface area contributed by atoms with Gasteiger partial charge in [0.15, 0.2) is 9.84 Å². The molecule has 25 heavy (non-hydrogen) atoms. The minimum atomic E-state index is -3.61. The molecule has 1 heterocycles. The maximum Gasteiger partial charge on any atom is 0.186 e. The number of hydrogen-bond acceptors (Lipinski definition) is 7. The first-order valence-corrected chi connectivity index (χ1v) is 9.28. The molecule has 0 saturated heterocycles. The van der Waals surface area contributed by atoms with Gasteiger partial charge >= 0.3 is 0 Å². The molecule has 0 bridgehead atoms. The van der Waals surface area contributed by atoms with Crippen LogP contribution in [0.5, 0.6) is 11.5 Å². The van der Waals surface area contributed by atoms with Crippen LogP contribution < -0.4 is 14.8 Å². The molecule has 2 aromatic rings. The van der Waals surface area contributed by atoms with E-state index in [1.165, 1.54) is 20.3 Å². The zero-order valence-corrected chi connectivity index (χ0v) is 15.3. The second kappa shape index (κ2) is 8.68. The molecule has 136 valence electrons. The van der Waals surface area contributed by atoms with Gasteiger partial charge in [0.25, 0.3) is 0 Å². The summed E-state index contributed by atoms with van der Waals surface area (Å²) in [5, 5.41) is 3.08. The first-order chi connectivity index (χ1) is 12.0. The molecule has 7 nitrogen and oxygen atoms in total. The standard InChI is InChI=1S/C17H22N2O5S/c1-22-9-8-18-17-7-4-13(11-19-17)12-25(20,21)16-10-14(23-2)5-6-15(16)24-3/h4-7,10-11H,8-9,12H2,1-3H3,(H,18,19). The summed E-state index contributed by atoms with van der Waals surface area (Å²) >= 11 is 0. The summed E-state index contributed by atoms with van der Waals surface area (Å²) in [6.45, 7) is 1.19. The number of aromatic nitrogens is 1. The van der Waals surface area contributed by atoms with Gasteiger partial charge in [0.1, 0.15) is 22.2 Å². The predicted molar refractivity (Wildman–Crippen MR) is 95.0 cm³/mol. The third-order valence-electron chi connectivity index (χ3n) is 3.50. The normalized spacial score (nSPS) is 11.2. The number of nitrogens with one attached hydrogen (secondary N) is 1. The molecular weight excluding hydrogens is 344 g/mol. The lowest BCUT2D eigenvalue weighted by Gasteiger charge is -2.11.